The zero-order valence-corrected chi connectivity index (χ0v) is 14.9. The number of hydrogen-bond acceptors (Lipinski definition) is 4. The minimum Gasteiger partial charge on any atom is -0.357 e. The van der Waals surface area contributed by atoms with Gasteiger partial charge in [0.2, 0.25) is 10.0 Å². The standard InChI is InChI=1S/C18H23N3O2S/c1-14-5-6-17(11-15(14)2)24(22,23)20-13-16-7-8-19-18(12-16)21-9-3-4-10-21/h5-8,11-12,20H,3-4,9-10,13H2,1-2H3. The average Bonchev–Trinajstić information content (AvgIpc) is 3.10. The van der Waals surface area contributed by atoms with Gasteiger partial charge in [-0.2, -0.15) is 0 Å². The van der Waals surface area contributed by atoms with Crippen molar-refractivity contribution in [1.29, 1.82) is 0 Å². The number of rotatable bonds is 5. The van der Waals surface area contributed by atoms with Crippen LogP contribution >= 0.6 is 0 Å². The van der Waals surface area contributed by atoms with Crippen LogP contribution in [0.15, 0.2) is 41.4 Å². The molecular weight excluding hydrogens is 322 g/mol. The van der Waals surface area contributed by atoms with E-state index in [4.69, 9.17) is 0 Å². The Morgan fingerprint density at radius 3 is 2.54 bits per heavy atom. The highest BCUT2D eigenvalue weighted by atomic mass is 32.2. The molecule has 0 amide bonds. The Labute approximate surface area is 143 Å². The van der Waals surface area contributed by atoms with Gasteiger partial charge in [0, 0.05) is 25.8 Å². The second-order valence-electron chi connectivity index (χ2n) is 6.29. The molecule has 2 heterocycles. The van der Waals surface area contributed by atoms with E-state index in [9.17, 15) is 8.42 Å². The molecule has 1 saturated heterocycles. The first-order valence-electron chi connectivity index (χ1n) is 8.22. The molecule has 0 atom stereocenters. The lowest BCUT2D eigenvalue weighted by molar-refractivity contribution is 0.581. The third-order valence-corrected chi connectivity index (χ3v) is 5.89. The molecule has 1 N–H and O–H groups in total. The highest BCUT2D eigenvalue weighted by Gasteiger charge is 2.16. The number of nitrogens with zero attached hydrogens (tertiary/aromatic N) is 2. The monoisotopic (exact) mass is 345 g/mol. The summed E-state index contributed by atoms with van der Waals surface area (Å²) in [6.07, 6.45) is 4.12. The zero-order chi connectivity index (χ0) is 17.2. The molecule has 0 radical (unpaired) electrons. The predicted molar refractivity (Wildman–Crippen MR) is 95.6 cm³/mol. The summed E-state index contributed by atoms with van der Waals surface area (Å²) in [5.41, 5.74) is 2.97. The molecule has 1 aliphatic heterocycles. The predicted octanol–water partition coefficient (Wildman–Crippen LogP) is 2.78. The van der Waals surface area contributed by atoms with Crippen LogP contribution in [0.5, 0.6) is 0 Å². The summed E-state index contributed by atoms with van der Waals surface area (Å²) >= 11 is 0. The second kappa shape index (κ2) is 6.91. The summed E-state index contributed by atoms with van der Waals surface area (Å²) < 4.78 is 27.6. The lowest BCUT2D eigenvalue weighted by Gasteiger charge is -2.17. The molecule has 3 rings (SSSR count). The van der Waals surface area contributed by atoms with Crippen molar-refractivity contribution in [3.05, 3.63) is 53.2 Å². The third kappa shape index (κ3) is 3.76. The number of pyridine rings is 1. The van der Waals surface area contributed by atoms with E-state index in [2.05, 4.69) is 14.6 Å². The van der Waals surface area contributed by atoms with E-state index in [0.29, 0.717) is 4.90 Å². The first-order chi connectivity index (χ1) is 11.5. The normalized spacial score (nSPS) is 15.0. The maximum atomic E-state index is 12.5. The van der Waals surface area contributed by atoms with E-state index < -0.39 is 10.0 Å². The fraction of sp³-hybridized carbons (Fsp3) is 0.389. The molecule has 2 aromatic rings. The van der Waals surface area contributed by atoms with Gasteiger partial charge in [-0.15, -0.1) is 0 Å². The van der Waals surface area contributed by atoms with E-state index in [1.807, 2.05) is 32.0 Å². The number of hydrogen-bond donors (Lipinski definition) is 1. The highest BCUT2D eigenvalue weighted by molar-refractivity contribution is 7.89. The lowest BCUT2D eigenvalue weighted by atomic mass is 10.1. The molecule has 1 aromatic heterocycles. The van der Waals surface area contributed by atoms with Gasteiger partial charge in [-0.25, -0.2) is 18.1 Å². The van der Waals surface area contributed by atoms with Crippen molar-refractivity contribution in [2.24, 2.45) is 0 Å². The minimum absolute atomic E-state index is 0.263. The van der Waals surface area contributed by atoms with Gasteiger partial charge in [-0.05, 0) is 67.6 Å². The Hall–Kier alpha value is -1.92. The molecule has 0 saturated carbocycles. The third-order valence-electron chi connectivity index (χ3n) is 4.49. The maximum absolute atomic E-state index is 12.5. The van der Waals surface area contributed by atoms with Gasteiger partial charge < -0.3 is 4.90 Å². The Morgan fingerprint density at radius 2 is 1.83 bits per heavy atom. The van der Waals surface area contributed by atoms with Crippen molar-refractivity contribution in [1.82, 2.24) is 9.71 Å². The van der Waals surface area contributed by atoms with E-state index >= 15 is 0 Å². The lowest BCUT2D eigenvalue weighted by Crippen LogP contribution is -2.24. The molecule has 1 aromatic carbocycles. The van der Waals surface area contributed by atoms with Crippen LogP contribution in [0.4, 0.5) is 5.82 Å². The highest BCUT2D eigenvalue weighted by Crippen LogP contribution is 2.19. The quantitative estimate of drug-likeness (QED) is 0.905. The molecule has 24 heavy (non-hydrogen) atoms. The fourth-order valence-corrected chi connectivity index (χ4v) is 3.93. The van der Waals surface area contributed by atoms with Crippen molar-refractivity contribution >= 4 is 15.8 Å². The molecule has 128 valence electrons. The molecule has 5 nitrogen and oxygen atoms in total. The van der Waals surface area contributed by atoms with Gasteiger partial charge in [0.1, 0.15) is 5.82 Å². The average molecular weight is 345 g/mol. The van der Waals surface area contributed by atoms with Crippen LogP contribution in [0.25, 0.3) is 0 Å². The molecule has 1 aliphatic rings. The molecule has 6 heteroatoms. The Balaban J connectivity index is 1.72. The minimum atomic E-state index is -3.51. The van der Waals surface area contributed by atoms with Gasteiger partial charge >= 0.3 is 0 Å². The van der Waals surface area contributed by atoms with Gasteiger partial charge in [-0.3, -0.25) is 0 Å². The number of anilines is 1. The topological polar surface area (TPSA) is 62.3 Å². The van der Waals surface area contributed by atoms with Gasteiger partial charge in [0.05, 0.1) is 4.90 Å². The summed E-state index contributed by atoms with van der Waals surface area (Å²) in [5, 5.41) is 0. The molecule has 0 aliphatic carbocycles. The molecule has 0 bridgehead atoms. The van der Waals surface area contributed by atoms with Crippen LogP contribution < -0.4 is 9.62 Å². The van der Waals surface area contributed by atoms with Crippen molar-refractivity contribution in [3.8, 4) is 0 Å². The number of benzene rings is 1. The van der Waals surface area contributed by atoms with Crippen LogP contribution in [0.3, 0.4) is 0 Å². The second-order valence-corrected chi connectivity index (χ2v) is 8.05. The van der Waals surface area contributed by atoms with E-state index in [1.54, 1.807) is 18.3 Å². The summed E-state index contributed by atoms with van der Waals surface area (Å²) in [6.45, 7) is 6.18. The van der Waals surface area contributed by atoms with Crippen LogP contribution in [0.2, 0.25) is 0 Å². The zero-order valence-electron chi connectivity index (χ0n) is 14.1. The summed E-state index contributed by atoms with van der Waals surface area (Å²) in [6, 6.07) is 9.01. The Kier molecular flexibility index (Phi) is 4.87. The molecule has 1 fully saturated rings. The summed E-state index contributed by atoms with van der Waals surface area (Å²) in [7, 11) is -3.51. The molecule has 0 spiro atoms. The number of nitrogens with one attached hydrogen (secondary N) is 1. The van der Waals surface area contributed by atoms with E-state index in [-0.39, 0.29) is 6.54 Å². The maximum Gasteiger partial charge on any atom is 0.240 e. The van der Waals surface area contributed by atoms with Crippen LogP contribution in [-0.4, -0.2) is 26.5 Å². The largest absolute Gasteiger partial charge is 0.357 e. The van der Waals surface area contributed by atoms with Crippen molar-refractivity contribution < 1.29 is 8.42 Å². The summed E-state index contributed by atoms with van der Waals surface area (Å²) in [5.74, 6) is 0.926. The van der Waals surface area contributed by atoms with Crippen LogP contribution in [-0.2, 0) is 16.6 Å². The fourth-order valence-electron chi connectivity index (χ4n) is 2.83. The van der Waals surface area contributed by atoms with Gasteiger partial charge in [0.25, 0.3) is 0 Å². The Morgan fingerprint density at radius 1 is 1.08 bits per heavy atom. The van der Waals surface area contributed by atoms with Gasteiger partial charge in [0.15, 0.2) is 0 Å². The van der Waals surface area contributed by atoms with Crippen LogP contribution in [0, 0.1) is 13.8 Å². The smallest absolute Gasteiger partial charge is 0.240 e. The number of aryl methyl sites for hydroxylation is 2. The molecule has 0 unspecified atom stereocenters. The van der Waals surface area contributed by atoms with E-state index in [1.165, 1.54) is 12.8 Å². The first-order valence-corrected chi connectivity index (χ1v) is 9.71. The van der Waals surface area contributed by atoms with Crippen molar-refractivity contribution in [2.75, 3.05) is 18.0 Å². The number of aromatic nitrogens is 1. The SMILES string of the molecule is Cc1ccc(S(=O)(=O)NCc2ccnc(N3CCCC3)c2)cc1C. The number of sulfonamides is 1. The first kappa shape index (κ1) is 16.9. The molecular formula is C18H23N3O2S. The summed E-state index contributed by atoms with van der Waals surface area (Å²) in [4.78, 5) is 6.94. The van der Waals surface area contributed by atoms with Crippen LogP contribution in [0.1, 0.15) is 29.5 Å². The van der Waals surface area contributed by atoms with Gasteiger partial charge in [-0.1, -0.05) is 6.07 Å². The Bertz CT molecular complexity index is 828. The van der Waals surface area contributed by atoms with Crippen molar-refractivity contribution in [2.45, 2.75) is 38.1 Å². The van der Waals surface area contributed by atoms with E-state index in [0.717, 1.165) is 35.6 Å². The van der Waals surface area contributed by atoms with Crippen molar-refractivity contribution in [3.63, 3.8) is 0 Å².